The van der Waals surface area contributed by atoms with Gasteiger partial charge in [0.2, 0.25) is 21.8 Å². The SMILES string of the molecule is CCC.O=C(CNC(=O)[C@@H]1CC(F)(F)CCN1S(=O)(=O)c1ccccc1)NC1(c2cccnc2)CC1.[HH]. The fraction of sp³-hybridized carbons (Fsp3) is 0.480. The highest BCUT2D eigenvalue weighted by molar-refractivity contribution is 7.89. The summed E-state index contributed by atoms with van der Waals surface area (Å²) in [5, 5.41) is 5.19. The molecule has 2 aliphatic rings. The highest BCUT2D eigenvalue weighted by atomic mass is 32.2. The summed E-state index contributed by atoms with van der Waals surface area (Å²) < 4.78 is 55.1. The summed E-state index contributed by atoms with van der Waals surface area (Å²) in [4.78, 5) is 29.2. The Hall–Kier alpha value is -2.92. The monoisotopic (exact) mass is 524 g/mol. The van der Waals surface area contributed by atoms with E-state index in [1.165, 1.54) is 30.7 Å². The van der Waals surface area contributed by atoms with Gasteiger partial charge in [0.25, 0.3) is 5.92 Å². The molecule has 36 heavy (non-hydrogen) atoms. The normalized spacial score (nSPS) is 20.4. The quantitative estimate of drug-likeness (QED) is 0.577. The third kappa shape index (κ3) is 6.64. The molecule has 8 nitrogen and oxygen atoms in total. The number of carbonyl (C=O) groups is 2. The van der Waals surface area contributed by atoms with Crippen LogP contribution in [-0.4, -0.2) is 54.6 Å². The molecule has 2 aromatic rings. The van der Waals surface area contributed by atoms with Gasteiger partial charge in [-0.05, 0) is 36.6 Å². The van der Waals surface area contributed by atoms with Crippen LogP contribution in [0, 0.1) is 0 Å². The maximum Gasteiger partial charge on any atom is 0.251 e. The number of carbonyl (C=O) groups excluding carboxylic acids is 2. The number of pyridine rings is 1. The van der Waals surface area contributed by atoms with Crippen LogP contribution in [0.1, 0.15) is 52.9 Å². The van der Waals surface area contributed by atoms with Crippen molar-refractivity contribution in [3.63, 3.8) is 0 Å². The lowest BCUT2D eigenvalue weighted by molar-refractivity contribution is -0.134. The van der Waals surface area contributed by atoms with E-state index < -0.39 is 65.3 Å². The van der Waals surface area contributed by atoms with E-state index >= 15 is 0 Å². The number of sulfonamides is 1. The summed E-state index contributed by atoms with van der Waals surface area (Å²) >= 11 is 0. The Bertz CT molecular complexity index is 1150. The zero-order valence-corrected chi connectivity index (χ0v) is 21.2. The Morgan fingerprint density at radius 1 is 1.11 bits per heavy atom. The molecule has 2 fully saturated rings. The van der Waals surface area contributed by atoms with Gasteiger partial charge in [-0.25, -0.2) is 17.2 Å². The van der Waals surface area contributed by atoms with E-state index in [2.05, 4.69) is 29.5 Å². The van der Waals surface area contributed by atoms with E-state index in [-0.39, 0.29) is 6.32 Å². The molecule has 1 saturated heterocycles. The van der Waals surface area contributed by atoms with E-state index in [9.17, 15) is 26.8 Å². The van der Waals surface area contributed by atoms with Crippen molar-refractivity contribution in [2.75, 3.05) is 13.1 Å². The first kappa shape index (κ1) is 27.7. The molecule has 2 heterocycles. The number of halogens is 2. The second-order valence-electron chi connectivity index (χ2n) is 9.05. The van der Waals surface area contributed by atoms with Crippen molar-refractivity contribution in [2.24, 2.45) is 0 Å². The predicted octanol–water partition coefficient (Wildman–Crippen LogP) is 3.45. The van der Waals surface area contributed by atoms with Gasteiger partial charge in [-0.15, -0.1) is 0 Å². The number of hydrogen-bond acceptors (Lipinski definition) is 5. The minimum absolute atomic E-state index is 0. The Morgan fingerprint density at radius 2 is 1.78 bits per heavy atom. The summed E-state index contributed by atoms with van der Waals surface area (Å²) in [5.74, 6) is -4.62. The molecule has 0 radical (unpaired) electrons. The number of rotatable bonds is 7. The molecular weight excluding hydrogens is 490 g/mol. The topological polar surface area (TPSA) is 108 Å². The van der Waals surface area contributed by atoms with Crippen LogP contribution in [-0.2, 0) is 25.2 Å². The second-order valence-corrected chi connectivity index (χ2v) is 10.9. The van der Waals surface area contributed by atoms with Crippen LogP contribution in [0.25, 0.3) is 0 Å². The van der Waals surface area contributed by atoms with Crippen LogP contribution in [0.4, 0.5) is 8.78 Å². The lowest BCUT2D eigenvalue weighted by Gasteiger charge is -2.37. The summed E-state index contributed by atoms with van der Waals surface area (Å²) in [5.41, 5.74) is 0.299. The van der Waals surface area contributed by atoms with E-state index in [1.54, 1.807) is 24.5 Å². The van der Waals surface area contributed by atoms with Gasteiger partial charge >= 0.3 is 0 Å². The van der Waals surface area contributed by atoms with Crippen LogP contribution in [0.3, 0.4) is 0 Å². The first-order valence-electron chi connectivity index (χ1n) is 12.0. The fourth-order valence-corrected chi connectivity index (χ4v) is 5.62. The van der Waals surface area contributed by atoms with Gasteiger partial charge in [-0.3, -0.25) is 14.6 Å². The van der Waals surface area contributed by atoms with Crippen LogP contribution >= 0.6 is 0 Å². The Morgan fingerprint density at radius 3 is 2.36 bits per heavy atom. The molecule has 0 bridgehead atoms. The van der Waals surface area contributed by atoms with Crippen molar-refractivity contribution in [1.29, 1.82) is 0 Å². The van der Waals surface area contributed by atoms with Crippen molar-refractivity contribution < 1.29 is 28.2 Å². The highest BCUT2D eigenvalue weighted by Crippen LogP contribution is 2.45. The van der Waals surface area contributed by atoms with Gasteiger partial charge in [-0.2, -0.15) is 4.31 Å². The molecule has 1 aromatic carbocycles. The maximum absolute atomic E-state index is 14.1. The number of nitrogens with zero attached hydrogens (tertiary/aromatic N) is 2. The third-order valence-corrected chi connectivity index (χ3v) is 7.88. The Labute approximate surface area is 212 Å². The lowest BCUT2D eigenvalue weighted by Crippen LogP contribution is -2.57. The van der Waals surface area contributed by atoms with Crippen molar-refractivity contribution in [3.8, 4) is 0 Å². The van der Waals surface area contributed by atoms with Crippen molar-refractivity contribution >= 4 is 21.8 Å². The van der Waals surface area contributed by atoms with Crippen LogP contribution < -0.4 is 10.6 Å². The minimum atomic E-state index is -4.17. The molecule has 1 aliphatic carbocycles. The molecule has 1 saturated carbocycles. The second kappa shape index (κ2) is 11.4. The molecule has 11 heteroatoms. The molecule has 198 valence electrons. The summed E-state index contributed by atoms with van der Waals surface area (Å²) in [6, 6.07) is 9.32. The van der Waals surface area contributed by atoms with Crippen LogP contribution in [0.5, 0.6) is 0 Å². The summed E-state index contributed by atoms with van der Waals surface area (Å²) in [6.45, 7) is 3.29. The van der Waals surface area contributed by atoms with E-state index in [0.29, 0.717) is 0 Å². The van der Waals surface area contributed by atoms with Crippen LogP contribution in [0.2, 0.25) is 0 Å². The van der Waals surface area contributed by atoms with E-state index in [4.69, 9.17) is 0 Å². The minimum Gasteiger partial charge on any atom is -0.346 e. The molecule has 2 amide bonds. The van der Waals surface area contributed by atoms with Crippen molar-refractivity contribution in [2.45, 2.75) is 68.4 Å². The van der Waals surface area contributed by atoms with Gasteiger partial charge < -0.3 is 10.6 Å². The van der Waals surface area contributed by atoms with Gasteiger partial charge in [0.15, 0.2) is 0 Å². The molecule has 1 atom stereocenters. The molecule has 4 rings (SSSR count). The number of piperidine rings is 1. The molecule has 1 aromatic heterocycles. The average Bonchev–Trinajstić information content (AvgIpc) is 3.64. The maximum atomic E-state index is 14.1. The first-order valence-corrected chi connectivity index (χ1v) is 13.4. The predicted molar refractivity (Wildman–Crippen MR) is 133 cm³/mol. The van der Waals surface area contributed by atoms with Gasteiger partial charge in [0.05, 0.1) is 17.0 Å². The van der Waals surface area contributed by atoms with Gasteiger partial charge in [-0.1, -0.05) is 44.5 Å². The number of alkyl halides is 2. The standard InChI is InChI=1S/C22H24F2N4O4S.C3H8.H2/c23-22(24)10-12-28(33(31,32)17-6-2-1-3-7-17)18(13-22)20(30)26-15-19(29)27-21(8-9-21)16-5-4-11-25-14-16;1-3-2;/h1-7,11,14,18H,8-10,12-13,15H2,(H,26,30)(H,27,29);3H2,1-2H3;1H/t18-;;/m0../s1. The highest BCUT2D eigenvalue weighted by Gasteiger charge is 2.48. The lowest BCUT2D eigenvalue weighted by atomic mass is 10.0. The first-order chi connectivity index (χ1) is 17.0. The fourth-order valence-electron chi connectivity index (χ4n) is 4.01. The molecule has 2 N–H and O–H groups in total. The third-order valence-electron chi connectivity index (χ3n) is 5.96. The summed E-state index contributed by atoms with van der Waals surface area (Å²) in [7, 11) is -4.17. The molecule has 0 unspecified atom stereocenters. The van der Waals surface area contributed by atoms with Gasteiger partial charge in [0.1, 0.15) is 6.04 Å². The smallest absolute Gasteiger partial charge is 0.251 e. The van der Waals surface area contributed by atoms with Crippen LogP contribution in [0.15, 0.2) is 59.8 Å². The summed E-state index contributed by atoms with van der Waals surface area (Å²) in [6.07, 6.45) is 4.33. The molecule has 0 spiro atoms. The number of amides is 2. The largest absolute Gasteiger partial charge is 0.346 e. The number of benzene rings is 1. The van der Waals surface area contributed by atoms with E-state index in [0.717, 1.165) is 22.7 Å². The number of aromatic nitrogens is 1. The zero-order chi connectivity index (χ0) is 26.4. The van der Waals surface area contributed by atoms with E-state index in [1.807, 2.05) is 6.07 Å². The Kier molecular flexibility index (Phi) is 8.78. The van der Waals surface area contributed by atoms with Gasteiger partial charge in [0, 0.05) is 33.2 Å². The Balaban J connectivity index is 0.00000115. The average molecular weight is 525 g/mol. The van der Waals surface area contributed by atoms with Crippen molar-refractivity contribution in [3.05, 3.63) is 60.4 Å². The van der Waals surface area contributed by atoms with Crippen molar-refractivity contribution in [1.82, 2.24) is 19.9 Å². The zero-order valence-electron chi connectivity index (χ0n) is 20.4. The number of nitrogens with one attached hydrogen (secondary N) is 2. The molecular formula is C25H34F2N4O4S. The number of hydrogen-bond donors (Lipinski definition) is 2. The molecule has 1 aliphatic heterocycles.